The van der Waals surface area contributed by atoms with Gasteiger partial charge in [-0.15, -0.1) is 0 Å². The SMILES string of the molecule is CCc1nc(C(N)=O)c(Nc2ccnc(CCNC(=O)C(C)N(C)C(=O)/C=C/CN(C)C)c2)nc1N(C)C(C)C. The number of aryl methyl sites for hydroxylation is 1. The summed E-state index contributed by atoms with van der Waals surface area (Å²) in [6.07, 6.45) is 5.92. The zero-order chi connectivity index (χ0) is 30.0. The summed E-state index contributed by atoms with van der Waals surface area (Å²) in [5, 5.41) is 6.03. The van der Waals surface area contributed by atoms with E-state index in [1.807, 2.05) is 57.8 Å². The van der Waals surface area contributed by atoms with Crippen molar-refractivity contribution < 1.29 is 14.4 Å². The van der Waals surface area contributed by atoms with Crippen LogP contribution in [0.3, 0.4) is 0 Å². The van der Waals surface area contributed by atoms with Crippen LogP contribution in [0.4, 0.5) is 17.3 Å². The molecule has 3 amide bonds. The molecule has 0 saturated heterocycles. The van der Waals surface area contributed by atoms with E-state index in [2.05, 4.69) is 20.6 Å². The Morgan fingerprint density at radius 1 is 1.10 bits per heavy atom. The first-order valence-corrected chi connectivity index (χ1v) is 13.4. The molecule has 0 fully saturated rings. The summed E-state index contributed by atoms with van der Waals surface area (Å²) in [6, 6.07) is 3.11. The molecule has 2 rings (SSSR count). The van der Waals surface area contributed by atoms with E-state index in [1.165, 1.54) is 11.0 Å². The fraction of sp³-hybridized carbons (Fsp3) is 0.500. The summed E-state index contributed by atoms with van der Waals surface area (Å²) in [4.78, 5) is 56.1. The van der Waals surface area contributed by atoms with Crippen LogP contribution in [0.5, 0.6) is 0 Å². The van der Waals surface area contributed by atoms with E-state index in [1.54, 1.807) is 32.3 Å². The minimum atomic E-state index is -0.675. The fourth-order valence-electron chi connectivity index (χ4n) is 3.62. The maximum atomic E-state index is 12.6. The molecule has 4 N–H and O–H groups in total. The van der Waals surface area contributed by atoms with Crippen LogP contribution in [0, 0.1) is 0 Å². The zero-order valence-corrected chi connectivity index (χ0v) is 24.9. The number of hydrogen-bond donors (Lipinski definition) is 3. The molecule has 0 aliphatic rings. The van der Waals surface area contributed by atoms with Crippen LogP contribution in [0.15, 0.2) is 30.5 Å². The van der Waals surface area contributed by atoms with Crippen molar-refractivity contribution in [2.75, 3.05) is 51.5 Å². The number of nitrogens with two attached hydrogens (primary N) is 1. The van der Waals surface area contributed by atoms with Gasteiger partial charge in [-0.3, -0.25) is 19.4 Å². The van der Waals surface area contributed by atoms with Gasteiger partial charge in [0.15, 0.2) is 17.3 Å². The Labute approximate surface area is 237 Å². The largest absolute Gasteiger partial charge is 0.364 e. The second-order valence-electron chi connectivity index (χ2n) is 10.1. The van der Waals surface area contributed by atoms with Gasteiger partial charge in [0, 0.05) is 63.3 Å². The monoisotopic (exact) mass is 553 g/mol. The van der Waals surface area contributed by atoms with Gasteiger partial charge in [0.2, 0.25) is 11.8 Å². The number of anilines is 3. The van der Waals surface area contributed by atoms with Gasteiger partial charge in [0.05, 0.1) is 5.69 Å². The molecular formula is C28H43N9O3. The molecular weight excluding hydrogens is 510 g/mol. The first-order chi connectivity index (χ1) is 18.8. The number of aromatic nitrogens is 3. The highest BCUT2D eigenvalue weighted by atomic mass is 16.2. The van der Waals surface area contributed by atoms with Gasteiger partial charge in [-0.05, 0) is 53.4 Å². The van der Waals surface area contributed by atoms with Crippen LogP contribution in [0.2, 0.25) is 0 Å². The normalized spacial score (nSPS) is 12.1. The molecule has 0 saturated carbocycles. The minimum Gasteiger partial charge on any atom is -0.364 e. The van der Waals surface area contributed by atoms with E-state index in [9.17, 15) is 14.4 Å². The van der Waals surface area contributed by atoms with Crippen LogP contribution in [0.25, 0.3) is 0 Å². The van der Waals surface area contributed by atoms with Crippen LogP contribution in [-0.2, 0) is 22.4 Å². The standard InChI is InChI=1S/C28H43N9O3/c1-9-22-27(36(7)18(2)3)34-26(24(33-22)25(29)39)32-21-13-14-30-20(17-21)12-15-31-28(40)19(4)37(8)23(38)11-10-16-35(5)6/h10-11,13-14,17-19H,9,12,15-16H2,1-8H3,(H2,29,39)(H,31,40)(H,30,32,34)/b11-10+. The lowest BCUT2D eigenvalue weighted by Gasteiger charge is -2.25. The third kappa shape index (κ3) is 9.01. The van der Waals surface area contributed by atoms with E-state index in [-0.39, 0.29) is 29.4 Å². The molecule has 0 aliphatic heterocycles. The molecule has 2 aromatic heterocycles. The van der Waals surface area contributed by atoms with Crippen molar-refractivity contribution >= 4 is 35.0 Å². The Bertz CT molecular complexity index is 1210. The third-order valence-corrected chi connectivity index (χ3v) is 6.42. The first kappa shape index (κ1) is 32.2. The maximum absolute atomic E-state index is 12.6. The predicted molar refractivity (Wildman–Crippen MR) is 158 cm³/mol. The molecule has 218 valence electrons. The molecule has 12 heteroatoms. The van der Waals surface area contributed by atoms with E-state index >= 15 is 0 Å². The van der Waals surface area contributed by atoms with Gasteiger partial charge in [-0.2, -0.15) is 0 Å². The summed E-state index contributed by atoms with van der Waals surface area (Å²) >= 11 is 0. The Hall–Kier alpha value is -4.06. The van der Waals surface area contributed by atoms with Crippen molar-refractivity contribution in [3.05, 3.63) is 47.6 Å². The lowest BCUT2D eigenvalue weighted by atomic mass is 10.2. The lowest BCUT2D eigenvalue weighted by molar-refractivity contribution is -0.135. The Balaban J connectivity index is 2.09. The smallest absolute Gasteiger partial charge is 0.271 e. The molecule has 0 bridgehead atoms. The second kappa shape index (κ2) is 14.9. The third-order valence-electron chi connectivity index (χ3n) is 6.42. The fourth-order valence-corrected chi connectivity index (χ4v) is 3.62. The summed E-state index contributed by atoms with van der Waals surface area (Å²) < 4.78 is 0. The van der Waals surface area contributed by atoms with Gasteiger partial charge in [-0.25, -0.2) is 9.97 Å². The van der Waals surface area contributed by atoms with Crippen molar-refractivity contribution in [3.8, 4) is 0 Å². The summed E-state index contributed by atoms with van der Waals surface area (Å²) in [6.45, 7) is 8.70. The lowest BCUT2D eigenvalue weighted by Crippen LogP contribution is -2.45. The van der Waals surface area contributed by atoms with E-state index in [0.717, 1.165) is 0 Å². The molecule has 0 spiro atoms. The van der Waals surface area contributed by atoms with Gasteiger partial charge >= 0.3 is 0 Å². The number of carbonyl (C=O) groups excluding carboxylic acids is 3. The highest BCUT2D eigenvalue weighted by molar-refractivity contribution is 5.96. The number of hydrogen-bond acceptors (Lipinski definition) is 9. The second-order valence-corrected chi connectivity index (χ2v) is 10.1. The summed E-state index contributed by atoms with van der Waals surface area (Å²) in [5.41, 5.74) is 7.74. The van der Waals surface area contributed by atoms with Crippen LogP contribution < -0.4 is 21.3 Å². The molecule has 1 unspecified atom stereocenters. The van der Waals surface area contributed by atoms with Crippen LogP contribution in [-0.4, -0.2) is 95.8 Å². The topological polar surface area (TPSA) is 150 Å². The van der Waals surface area contributed by atoms with Crippen LogP contribution in [0.1, 0.15) is 49.6 Å². The number of likely N-dealkylation sites (N-methyl/N-ethyl adjacent to an activating group) is 2. The van der Waals surface area contributed by atoms with Gasteiger partial charge in [0.25, 0.3) is 5.91 Å². The average molecular weight is 554 g/mol. The molecule has 0 aromatic carbocycles. The predicted octanol–water partition coefficient (Wildman–Crippen LogP) is 1.74. The number of nitrogens with zero attached hydrogens (tertiary/aromatic N) is 6. The number of nitrogens with one attached hydrogen (secondary N) is 2. The number of rotatable bonds is 14. The van der Waals surface area contributed by atoms with Gasteiger partial charge < -0.3 is 31.1 Å². The molecule has 0 aliphatic carbocycles. The summed E-state index contributed by atoms with van der Waals surface area (Å²) in [5.74, 6) is -0.235. The number of primary amides is 1. The molecule has 2 heterocycles. The van der Waals surface area contributed by atoms with Crippen molar-refractivity contribution in [1.29, 1.82) is 0 Å². The van der Waals surface area contributed by atoms with Crippen LogP contribution >= 0.6 is 0 Å². The molecule has 2 aromatic rings. The van der Waals surface area contributed by atoms with Crippen molar-refractivity contribution in [1.82, 2.24) is 30.1 Å². The molecule has 40 heavy (non-hydrogen) atoms. The minimum absolute atomic E-state index is 0.0626. The maximum Gasteiger partial charge on any atom is 0.271 e. The van der Waals surface area contributed by atoms with Crippen molar-refractivity contribution in [2.45, 2.75) is 52.6 Å². The first-order valence-electron chi connectivity index (χ1n) is 13.4. The Morgan fingerprint density at radius 3 is 2.40 bits per heavy atom. The zero-order valence-electron chi connectivity index (χ0n) is 24.9. The molecule has 1 atom stereocenters. The number of amides is 3. The van der Waals surface area contributed by atoms with Crippen molar-refractivity contribution in [2.24, 2.45) is 5.73 Å². The van der Waals surface area contributed by atoms with Crippen molar-refractivity contribution in [3.63, 3.8) is 0 Å². The molecule has 12 nitrogen and oxygen atoms in total. The highest BCUT2D eigenvalue weighted by Crippen LogP contribution is 2.25. The summed E-state index contributed by atoms with van der Waals surface area (Å²) in [7, 11) is 7.35. The quantitative estimate of drug-likeness (QED) is 0.297. The van der Waals surface area contributed by atoms with Gasteiger partial charge in [-0.1, -0.05) is 13.0 Å². The average Bonchev–Trinajstić information content (AvgIpc) is 2.91. The number of carbonyl (C=O) groups is 3. The Morgan fingerprint density at radius 2 is 1.80 bits per heavy atom. The number of pyridine rings is 1. The van der Waals surface area contributed by atoms with E-state index < -0.39 is 11.9 Å². The molecule has 0 radical (unpaired) electrons. The van der Waals surface area contributed by atoms with Gasteiger partial charge in [0.1, 0.15) is 6.04 Å². The Kier molecular flexibility index (Phi) is 12.0. The van der Waals surface area contributed by atoms with E-state index in [4.69, 9.17) is 10.7 Å². The highest BCUT2D eigenvalue weighted by Gasteiger charge is 2.22. The van der Waals surface area contributed by atoms with E-state index in [0.29, 0.717) is 48.8 Å².